The second kappa shape index (κ2) is 7.70. The van der Waals surface area contributed by atoms with E-state index in [1.807, 2.05) is 38.1 Å². The molecular formula is C22H26N4O2. The Labute approximate surface area is 165 Å². The summed E-state index contributed by atoms with van der Waals surface area (Å²) in [5.41, 5.74) is 3.52. The third kappa shape index (κ3) is 3.77. The van der Waals surface area contributed by atoms with Crippen LogP contribution in [0.1, 0.15) is 60.3 Å². The van der Waals surface area contributed by atoms with Crippen LogP contribution in [0.2, 0.25) is 0 Å². The molecule has 28 heavy (non-hydrogen) atoms. The highest BCUT2D eigenvalue weighted by molar-refractivity contribution is 5.96. The minimum absolute atomic E-state index is 0.00687. The molecule has 1 aromatic carbocycles. The molecule has 1 atom stereocenters. The van der Waals surface area contributed by atoms with E-state index in [0.717, 1.165) is 17.0 Å². The standard InChI is InChI=1S/C22H26N4O2/c1-14-11-19(16-5-3-6-16)25-21(24-14)17-7-4-8-18(12-17)22(28)26-10-9-20(27)23-13-15(26)2/h4,7-8,11-12,15-16H,3,5-6,9-10,13H2,1-2H3,(H,23,27). The normalized spacial score (nSPS) is 20.3. The summed E-state index contributed by atoms with van der Waals surface area (Å²) in [6.45, 7) is 4.87. The molecular weight excluding hydrogens is 352 g/mol. The Balaban J connectivity index is 1.62. The summed E-state index contributed by atoms with van der Waals surface area (Å²) in [6.07, 6.45) is 3.97. The molecule has 2 fully saturated rings. The van der Waals surface area contributed by atoms with Crippen molar-refractivity contribution in [1.29, 1.82) is 0 Å². The first-order valence-electron chi connectivity index (χ1n) is 10.0. The molecule has 0 spiro atoms. The maximum Gasteiger partial charge on any atom is 0.254 e. The molecule has 2 amide bonds. The predicted molar refractivity (Wildman–Crippen MR) is 107 cm³/mol. The molecule has 146 valence electrons. The fourth-order valence-corrected chi connectivity index (χ4v) is 3.80. The first-order chi connectivity index (χ1) is 13.5. The summed E-state index contributed by atoms with van der Waals surface area (Å²) in [4.78, 5) is 35.9. The predicted octanol–water partition coefficient (Wildman–Crippen LogP) is 3.07. The van der Waals surface area contributed by atoms with Gasteiger partial charge in [0.15, 0.2) is 5.82 Å². The second-order valence-corrected chi connectivity index (χ2v) is 7.87. The van der Waals surface area contributed by atoms with Crippen LogP contribution in [0.3, 0.4) is 0 Å². The molecule has 2 aromatic rings. The van der Waals surface area contributed by atoms with Gasteiger partial charge in [-0.05, 0) is 44.9 Å². The van der Waals surface area contributed by atoms with E-state index in [0.29, 0.717) is 36.8 Å². The largest absolute Gasteiger partial charge is 0.354 e. The summed E-state index contributed by atoms with van der Waals surface area (Å²) in [6, 6.07) is 9.56. The quantitative estimate of drug-likeness (QED) is 0.891. The number of hydrogen-bond donors (Lipinski definition) is 1. The van der Waals surface area contributed by atoms with Crippen molar-refractivity contribution in [2.24, 2.45) is 0 Å². The summed E-state index contributed by atoms with van der Waals surface area (Å²) >= 11 is 0. The number of amides is 2. The van der Waals surface area contributed by atoms with Crippen molar-refractivity contribution in [3.8, 4) is 11.4 Å². The molecule has 1 aliphatic heterocycles. The van der Waals surface area contributed by atoms with Gasteiger partial charge in [-0.25, -0.2) is 9.97 Å². The van der Waals surface area contributed by atoms with Gasteiger partial charge in [-0.15, -0.1) is 0 Å². The SMILES string of the molecule is Cc1cc(C2CCC2)nc(-c2cccc(C(=O)N3CCC(=O)NCC3C)c2)n1. The number of carbonyl (C=O) groups is 2. The Morgan fingerprint density at radius 2 is 2.04 bits per heavy atom. The van der Waals surface area contributed by atoms with Crippen molar-refractivity contribution in [1.82, 2.24) is 20.2 Å². The molecule has 1 N–H and O–H groups in total. The fraction of sp³-hybridized carbons (Fsp3) is 0.455. The zero-order valence-electron chi connectivity index (χ0n) is 16.4. The number of aromatic nitrogens is 2. The molecule has 1 unspecified atom stereocenters. The Morgan fingerprint density at radius 3 is 2.79 bits per heavy atom. The number of aryl methyl sites for hydroxylation is 1. The first-order valence-corrected chi connectivity index (χ1v) is 10.0. The van der Waals surface area contributed by atoms with Gasteiger partial charge in [0.1, 0.15) is 0 Å². The topological polar surface area (TPSA) is 75.2 Å². The van der Waals surface area contributed by atoms with E-state index in [9.17, 15) is 9.59 Å². The van der Waals surface area contributed by atoms with Crippen LogP contribution in [-0.2, 0) is 4.79 Å². The highest BCUT2D eigenvalue weighted by Gasteiger charge is 2.26. The van der Waals surface area contributed by atoms with Crippen molar-refractivity contribution >= 4 is 11.8 Å². The van der Waals surface area contributed by atoms with Crippen LogP contribution in [0.5, 0.6) is 0 Å². The van der Waals surface area contributed by atoms with Gasteiger partial charge >= 0.3 is 0 Å². The van der Waals surface area contributed by atoms with Gasteiger partial charge in [0.05, 0.1) is 0 Å². The summed E-state index contributed by atoms with van der Waals surface area (Å²) in [5, 5.41) is 2.85. The lowest BCUT2D eigenvalue weighted by Gasteiger charge is -2.27. The van der Waals surface area contributed by atoms with E-state index in [4.69, 9.17) is 4.98 Å². The molecule has 1 saturated carbocycles. The van der Waals surface area contributed by atoms with Gasteiger partial charge in [-0.1, -0.05) is 18.6 Å². The maximum atomic E-state index is 13.1. The van der Waals surface area contributed by atoms with Crippen LogP contribution in [0.4, 0.5) is 0 Å². The van der Waals surface area contributed by atoms with E-state index < -0.39 is 0 Å². The zero-order chi connectivity index (χ0) is 19.7. The smallest absolute Gasteiger partial charge is 0.254 e. The van der Waals surface area contributed by atoms with Crippen molar-refractivity contribution < 1.29 is 9.59 Å². The number of carbonyl (C=O) groups excluding carboxylic acids is 2. The monoisotopic (exact) mass is 378 g/mol. The Kier molecular flexibility index (Phi) is 5.11. The van der Waals surface area contributed by atoms with Crippen LogP contribution < -0.4 is 5.32 Å². The molecule has 0 radical (unpaired) electrons. The minimum Gasteiger partial charge on any atom is -0.354 e. The number of rotatable bonds is 3. The van der Waals surface area contributed by atoms with E-state index >= 15 is 0 Å². The van der Waals surface area contributed by atoms with Crippen LogP contribution >= 0.6 is 0 Å². The number of nitrogens with one attached hydrogen (secondary N) is 1. The van der Waals surface area contributed by atoms with Gasteiger partial charge in [0.25, 0.3) is 5.91 Å². The minimum atomic E-state index is -0.0577. The molecule has 1 saturated heterocycles. The molecule has 1 aromatic heterocycles. The molecule has 6 heteroatoms. The molecule has 0 bridgehead atoms. The van der Waals surface area contributed by atoms with Crippen molar-refractivity contribution in [2.45, 2.75) is 51.5 Å². The highest BCUT2D eigenvalue weighted by Crippen LogP contribution is 2.36. The lowest BCUT2D eigenvalue weighted by atomic mass is 9.82. The number of nitrogens with zero attached hydrogens (tertiary/aromatic N) is 3. The van der Waals surface area contributed by atoms with Gasteiger partial charge in [-0.2, -0.15) is 0 Å². The first kappa shape index (κ1) is 18.6. The van der Waals surface area contributed by atoms with E-state index in [1.165, 1.54) is 19.3 Å². The Hall–Kier alpha value is -2.76. The van der Waals surface area contributed by atoms with Crippen LogP contribution in [0.25, 0.3) is 11.4 Å². The lowest BCUT2D eigenvalue weighted by Crippen LogP contribution is -2.41. The van der Waals surface area contributed by atoms with Crippen LogP contribution in [0, 0.1) is 6.92 Å². The van der Waals surface area contributed by atoms with Gasteiger partial charge in [-0.3, -0.25) is 9.59 Å². The van der Waals surface area contributed by atoms with Crippen molar-refractivity contribution in [2.75, 3.05) is 13.1 Å². The summed E-state index contributed by atoms with van der Waals surface area (Å²) in [7, 11) is 0. The average molecular weight is 378 g/mol. The van der Waals surface area contributed by atoms with Crippen molar-refractivity contribution in [3.05, 3.63) is 47.3 Å². The molecule has 1 aliphatic carbocycles. The third-order valence-electron chi connectivity index (χ3n) is 5.73. The van der Waals surface area contributed by atoms with Gasteiger partial charge in [0, 0.05) is 54.0 Å². The fourth-order valence-electron chi connectivity index (χ4n) is 3.80. The summed E-state index contributed by atoms with van der Waals surface area (Å²) in [5.74, 6) is 1.15. The van der Waals surface area contributed by atoms with Crippen LogP contribution in [-0.4, -0.2) is 45.8 Å². The van der Waals surface area contributed by atoms with Crippen LogP contribution in [0.15, 0.2) is 30.3 Å². The maximum absolute atomic E-state index is 13.1. The number of hydrogen-bond acceptors (Lipinski definition) is 4. The lowest BCUT2D eigenvalue weighted by molar-refractivity contribution is -0.120. The highest BCUT2D eigenvalue weighted by atomic mass is 16.2. The van der Waals surface area contributed by atoms with Gasteiger partial charge < -0.3 is 10.2 Å². The number of benzene rings is 1. The van der Waals surface area contributed by atoms with E-state index in [2.05, 4.69) is 16.4 Å². The average Bonchev–Trinajstić information content (AvgIpc) is 2.80. The second-order valence-electron chi connectivity index (χ2n) is 7.87. The third-order valence-corrected chi connectivity index (χ3v) is 5.73. The molecule has 6 nitrogen and oxygen atoms in total. The van der Waals surface area contributed by atoms with E-state index in [1.54, 1.807) is 4.90 Å². The van der Waals surface area contributed by atoms with Crippen molar-refractivity contribution in [3.63, 3.8) is 0 Å². The Bertz CT molecular complexity index is 907. The zero-order valence-corrected chi connectivity index (χ0v) is 16.4. The molecule has 4 rings (SSSR count). The molecule has 2 heterocycles. The van der Waals surface area contributed by atoms with Gasteiger partial charge in [0.2, 0.25) is 5.91 Å². The van der Waals surface area contributed by atoms with E-state index in [-0.39, 0.29) is 17.9 Å². The molecule has 2 aliphatic rings. The Morgan fingerprint density at radius 1 is 1.21 bits per heavy atom. The summed E-state index contributed by atoms with van der Waals surface area (Å²) < 4.78 is 0.